The zero-order valence-corrected chi connectivity index (χ0v) is 10.4. The summed E-state index contributed by atoms with van der Waals surface area (Å²) in [5.41, 5.74) is 1.20. The first-order valence-electron chi connectivity index (χ1n) is 5.70. The molecule has 0 bridgehead atoms. The molecule has 0 saturated carbocycles. The zero-order valence-electron chi connectivity index (χ0n) is 10.4. The molecule has 2 unspecified atom stereocenters. The fraction of sp³-hybridized carbons (Fsp3) is 0.500. The van der Waals surface area contributed by atoms with Crippen LogP contribution in [0.2, 0.25) is 0 Å². The van der Waals surface area contributed by atoms with Crippen LogP contribution in [0.5, 0.6) is 0 Å². The third-order valence-electron chi connectivity index (χ3n) is 3.01. The topological polar surface area (TPSA) is 26.3 Å². The highest BCUT2D eigenvalue weighted by molar-refractivity contribution is 5.73. The molecule has 16 heavy (non-hydrogen) atoms. The van der Waals surface area contributed by atoms with E-state index in [9.17, 15) is 4.79 Å². The van der Waals surface area contributed by atoms with Crippen molar-refractivity contribution in [1.82, 2.24) is 0 Å². The van der Waals surface area contributed by atoms with Crippen LogP contribution in [0.15, 0.2) is 30.3 Å². The predicted molar refractivity (Wildman–Crippen MR) is 65.2 cm³/mol. The minimum atomic E-state index is -0.137. The van der Waals surface area contributed by atoms with Crippen LogP contribution < -0.4 is 0 Å². The smallest absolute Gasteiger partial charge is 0.309 e. The third kappa shape index (κ3) is 2.84. The molecule has 0 radical (unpaired) electrons. The number of esters is 1. The highest BCUT2D eigenvalue weighted by Crippen LogP contribution is 2.32. The Labute approximate surface area is 97.6 Å². The SMILES string of the molecule is COC(=O)C(C)C(c1ccccc1)C(C)C. The Morgan fingerprint density at radius 1 is 1.12 bits per heavy atom. The molecule has 2 nitrogen and oxygen atoms in total. The Kier molecular flexibility index (Phi) is 4.53. The number of hydrogen-bond acceptors (Lipinski definition) is 2. The van der Waals surface area contributed by atoms with E-state index in [4.69, 9.17) is 4.74 Å². The maximum Gasteiger partial charge on any atom is 0.309 e. The molecule has 0 aliphatic carbocycles. The minimum Gasteiger partial charge on any atom is -0.469 e. The number of benzene rings is 1. The molecule has 0 aliphatic heterocycles. The first-order valence-corrected chi connectivity index (χ1v) is 5.70. The van der Waals surface area contributed by atoms with E-state index in [2.05, 4.69) is 26.0 Å². The molecule has 0 spiro atoms. The monoisotopic (exact) mass is 220 g/mol. The molecule has 1 aromatic carbocycles. The van der Waals surface area contributed by atoms with Crippen LogP contribution >= 0.6 is 0 Å². The summed E-state index contributed by atoms with van der Waals surface area (Å²) in [6.45, 7) is 6.21. The van der Waals surface area contributed by atoms with E-state index in [0.29, 0.717) is 5.92 Å². The predicted octanol–water partition coefficient (Wildman–Crippen LogP) is 3.24. The molecule has 1 aromatic rings. The second kappa shape index (κ2) is 5.69. The van der Waals surface area contributed by atoms with Gasteiger partial charge in [-0.25, -0.2) is 0 Å². The number of rotatable bonds is 4. The summed E-state index contributed by atoms with van der Waals surface area (Å²) in [4.78, 5) is 11.6. The van der Waals surface area contributed by atoms with Crippen molar-refractivity contribution in [3.05, 3.63) is 35.9 Å². The van der Waals surface area contributed by atoms with Crippen LogP contribution in [0.4, 0.5) is 0 Å². The molecule has 0 aromatic heterocycles. The number of hydrogen-bond donors (Lipinski definition) is 0. The zero-order chi connectivity index (χ0) is 12.1. The number of methoxy groups -OCH3 is 1. The normalized spacial score (nSPS) is 14.6. The van der Waals surface area contributed by atoms with Crippen LogP contribution in [0.3, 0.4) is 0 Å². The molecule has 0 aliphatic rings. The Morgan fingerprint density at radius 2 is 1.69 bits per heavy atom. The Morgan fingerprint density at radius 3 is 2.12 bits per heavy atom. The molecule has 1 rings (SSSR count). The minimum absolute atomic E-state index is 0.104. The molecule has 88 valence electrons. The Balaban J connectivity index is 2.96. The molecular formula is C14H20O2. The van der Waals surface area contributed by atoms with Crippen molar-refractivity contribution in [3.8, 4) is 0 Å². The summed E-state index contributed by atoms with van der Waals surface area (Å²) < 4.78 is 4.83. The summed E-state index contributed by atoms with van der Waals surface area (Å²) in [7, 11) is 1.45. The fourth-order valence-corrected chi connectivity index (χ4v) is 2.26. The van der Waals surface area contributed by atoms with Crippen LogP contribution in [0.25, 0.3) is 0 Å². The van der Waals surface area contributed by atoms with Gasteiger partial charge in [-0.3, -0.25) is 4.79 Å². The molecule has 0 fully saturated rings. The van der Waals surface area contributed by atoms with Crippen molar-refractivity contribution < 1.29 is 9.53 Å². The van der Waals surface area contributed by atoms with E-state index < -0.39 is 0 Å². The first-order chi connectivity index (χ1) is 7.57. The average molecular weight is 220 g/mol. The average Bonchev–Trinajstić information content (AvgIpc) is 2.29. The number of carbonyl (C=O) groups is 1. The van der Waals surface area contributed by atoms with Gasteiger partial charge in [0, 0.05) is 0 Å². The van der Waals surface area contributed by atoms with Gasteiger partial charge >= 0.3 is 5.97 Å². The maximum absolute atomic E-state index is 11.6. The van der Waals surface area contributed by atoms with Gasteiger partial charge in [0.05, 0.1) is 13.0 Å². The van der Waals surface area contributed by atoms with Gasteiger partial charge in [0.2, 0.25) is 0 Å². The number of ether oxygens (including phenoxy) is 1. The molecule has 0 heterocycles. The highest BCUT2D eigenvalue weighted by atomic mass is 16.5. The van der Waals surface area contributed by atoms with Gasteiger partial charge in [0.15, 0.2) is 0 Å². The summed E-state index contributed by atoms with van der Waals surface area (Å²) in [5, 5.41) is 0. The largest absolute Gasteiger partial charge is 0.469 e. The van der Waals surface area contributed by atoms with Crippen molar-refractivity contribution in [2.24, 2.45) is 11.8 Å². The lowest BCUT2D eigenvalue weighted by molar-refractivity contribution is -0.146. The van der Waals surface area contributed by atoms with Gasteiger partial charge in [-0.2, -0.15) is 0 Å². The summed E-state index contributed by atoms with van der Waals surface area (Å²) in [6.07, 6.45) is 0. The van der Waals surface area contributed by atoms with Gasteiger partial charge < -0.3 is 4.74 Å². The van der Waals surface area contributed by atoms with Crippen LogP contribution in [0, 0.1) is 11.8 Å². The van der Waals surface area contributed by atoms with E-state index in [-0.39, 0.29) is 17.8 Å². The van der Waals surface area contributed by atoms with E-state index in [0.717, 1.165) is 0 Å². The molecular weight excluding hydrogens is 200 g/mol. The lowest BCUT2D eigenvalue weighted by Crippen LogP contribution is -2.24. The maximum atomic E-state index is 11.6. The van der Waals surface area contributed by atoms with E-state index in [1.54, 1.807) is 0 Å². The van der Waals surface area contributed by atoms with E-state index in [1.807, 2.05) is 25.1 Å². The van der Waals surface area contributed by atoms with Crippen molar-refractivity contribution >= 4 is 5.97 Å². The van der Waals surface area contributed by atoms with Crippen LogP contribution in [-0.4, -0.2) is 13.1 Å². The van der Waals surface area contributed by atoms with Gasteiger partial charge in [-0.05, 0) is 17.4 Å². The second-order valence-electron chi connectivity index (χ2n) is 4.49. The van der Waals surface area contributed by atoms with E-state index >= 15 is 0 Å². The molecule has 0 N–H and O–H groups in total. The molecule has 2 heteroatoms. The lowest BCUT2D eigenvalue weighted by Gasteiger charge is -2.26. The lowest BCUT2D eigenvalue weighted by atomic mass is 9.79. The second-order valence-corrected chi connectivity index (χ2v) is 4.49. The summed E-state index contributed by atoms with van der Waals surface area (Å²) in [5.74, 6) is 0.389. The number of carbonyl (C=O) groups excluding carboxylic acids is 1. The molecule has 0 amide bonds. The van der Waals surface area contributed by atoms with E-state index in [1.165, 1.54) is 12.7 Å². The summed E-state index contributed by atoms with van der Waals surface area (Å²) >= 11 is 0. The molecule has 2 atom stereocenters. The Bertz CT molecular complexity index is 330. The van der Waals surface area contributed by atoms with Crippen molar-refractivity contribution in [2.75, 3.05) is 7.11 Å². The van der Waals surface area contributed by atoms with Gasteiger partial charge in [-0.1, -0.05) is 51.1 Å². The van der Waals surface area contributed by atoms with Gasteiger partial charge in [0.25, 0.3) is 0 Å². The highest BCUT2D eigenvalue weighted by Gasteiger charge is 2.28. The standard InChI is InChI=1S/C14H20O2/c1-10(2)13(11(3)14(15)16-4)12-8-6-5-7-9-12/h5-11,13H,1-4H3. The van der Waals surface area contributed by atoms with Crippen LogP contribution in [0.1, 0.15) is 32.3 Å². The fourth-order valence-electron chi connectivity index (χ4n) is 2.26. The third-order valence-corrected chi connectivity index (χ3v) is 3.01. The quantitative estimate of drug-likeness (QED) is 0.728. The van der Waals surface area contributed by atoms with Crippen molar-refractivity contribution in [1.29, 1.82) is 0 Å². The van der Waals surface area contributed by atoms with Gasteiger partial charge in [0.1, 0.15) is 0 Å². The molecule has 0 saturated heterocycles. The Hall–Kier alpha value is -1.31. The van der Waals surface area contributed by atoms with Gasteiger partial charge in [-0.15, -0.1) is 0 Å². The van der Waals surface area contributed by atoms with Crippen LogP contribution in [-0.2, 0) is 9.53 Å². The first kappa shape index (κ1) is 12.8. The summed E-state index contributed by atoms with van der Waals surface area (Å²) in [6, 6.07) is 10.2. The van der Waals surface area contributed by atoms with Crippen molar-refractivity contribution in [2.45, 2.75) is 26.7 Å². The van der Waals surface area contributed by atoms with Crippen molar-refractivity contribution in [3.63, 3.8) is 0 Å².